The summed E-state index contributed by atoms with van der Waals surface area (Å²) in [4.78, 5) is 33.2. The van der Waals surface area contributed by atoms with E-state index >= 15 is 0 Å². The minimum absolute atomic E-state index is 0.0223. The number of nitrogens with one attached hydrogen (secondary N) is 1. The first kappa shape index (κ1) is 22.0. The molecule has 6 nitrogen and oxygen atoms in total. The Morgan fingerprint density at radius 2 is 1.74 bits per heavy atom. The second kappa shape index (κ2) is 9.94. The van der Waals surface area contributed by atoms with Gasteiger partial charge in [-0.2, -0.15) is 0 Å². The average molecular weight is 441 g/mol. The van der Waals surface area contributed by atoms with Gasteiger partial charge in [0.15, 0.2) is 0 Å². The molecule has 2 saturated heterocycles. The molecule has 2 aromatic rings. The van der Waals surface area contributed by atoms with Gasteiger partial charge in [-0.25, -0.2) is 0 Å². The van der Waals surface area contributed by atoms with E-state index in [1.165, 1.54) is 10.4 Å². The fraction of sp³-hybridized carbons (Fsp3) is 0.500. The molecule has 166 valence electrons. The number of carbonyl (C=O) groups is 2. The maximum atomic E-state index is 13.0. The smallest absolute Gasteiger partial charge is 0.238 e. The summed E-state index contributed by atoms with van der Waals surface area (Å²) in [6.45, 7) is 9.07. The third-order valence-electron chi connectivity index (χ3n) is 6.51. The molecule has 2 aliphatic rings. The van der Waals surface area contributed by atoms with Gasteiger partial charge < -0.3 is 10.2 Å². The molecule has 0 bridgehead atoms. The summed E-state index contributed by atoms with van der Waals surface area (Å²) in [5, 5.41) is 5.13. The van der Waals surface area contributed by atoms with Crippen molar-refractivity contribution < 1.29 is 9.59 Å². The molecule has 1 aromatic heterocycles. The number of nitrogens with zero attached hydrogens (tertiary/aromatic N) is 3. The largest absolute Gasteiger partial charge is 0.334 e. The number of likely N-dealkylation sites (tertiary alicyclic amines) is 1. The number of amides is 2. The molecule has 0 saturated carbocycles. The first-order chi connectivity index (χ1) is 15.0. The summed E-state index contributed by atoms with van der Waals surface area (Å²) in [6.07, 6.45) is 2.15. The predicted octanol–water partition coefficient (Wildman–Crippen LogP) is 3.28. The molecular formula is C24H32N4O2S. The normalized spacial score (nSPS) is 20.2. The molecule has 4 rings (SSSR count). The van der Waals surface area contributed by atoms with Crippen molar-refractivity contribution in [3.05, 3.63) is 51.7 Å². The third-order valence-corrected chi connectivity index (χ3v) is 7.49. The number of carbonyl (C=O) groups excluding carboxylic acids is 2. The molecule has 0 aliphatic carbocycles. The lowest BCUT2D eigenvalue weighted by molar-refractivity contribution is -0.134. The first-order valence-corrected chi connectivity index (χ1v) is 12.0. The van der Waals surface area contributed by atoms with Crippen LogP contribution in [0.5, 0.6) is 0 Å². The summed E-state index contributed by atoms with van der Waals surface area (Å²) in [7, 11) is 0. The van der Waals surface area contributed by atoms with Gasteiger partial charge in [-0.3, -0.25) is 19.4 Å². The zero-order valence-electron chi connectivity index (χ0n) is 18.5. The quantitative estimate of drug-likeness (QED) is 0.749. The van der Waals surface area contributed by atoms with Crippen molar-refractivity contribution in [2.24, 2.45) is 0 Å². The van der Waals surface area contributed by atoms with Crippen molar-refractivity contribution in [3.63, 3.8) is 0 Å². The summed E-state index contributed by atoms with van der Waals surface area (Å²) < 4.78 is 0. The van der Waals surface area contributed by atoms with Crippen LogP contribution in [0.4, 0.5) is 5.69 Å². The van der Waals surface area contributed by atoms with Gasteiger partial charge in [0.1, 0.15) is 0 Å². The molecule has 2 amide bonds. The van der Waals surface area contributed by atoms with E-state index in [1.807, 2.05) is 19.1 Å². The van der Waals surface area contributed by atoms with Crippen LogP contribution in [0.1, 0.15) is 34.9 Å². The third kappa shape index (κ3) is 5.34. The molecule has 3 heterocycles. The van der Waals surface area contributed by atoms with E-state index in [1.54, 1.807) is 11.3 Å². The summed E-state index contributed by atoms with van der Waals surface area (Å²) >= 11 is 1.74. The summed E-state index contributed by atoms with van der Waals surface area (Å²) in [6, 6.07) is 10.4. The Balaban J connectivity index is 1.23. The van der Waals surface area contributed by atoms with Gasteiger partial charge in [-0.05, 0) is 55.3 Å². The van der Waals surface area contributed by atoms with E-state index in [4.69, 9.17) is 0 Å². The summed E-state index contributed by atoms with van der Waals surface area (Å²) in [5.41, 5.74) is 3.18. The number of rotatable bonds is 6. The zero-order valence-corrected chi connectivity index (χ0v) is 19.3. The lowest BCUT2D eigenvalue weighted by Gasteiger charge is -2.35. The van der Waals surface area contributed by atoms with Crippen LogP contribution < -0.4 is 5.32 Å². The molecule has 1 aromatic carbocycles. The Morgan fingerprint density at radius 1 is 1.00 bits per heavy atom. The van der Waals surface area contributed by atoms with Crippen molar-refractivity contribution in [2.45, 2.75) is 32.7 Å². The number of hydrogen-bond acceptors (Lipinski definition) is 5. The van der Waals surface area contributed by atoms with Crippen LogP contribution in [0, 0.1) is 13.8 Å². The molecule has 1 N–H and O–H groups in total. The van der Waals surface area contributed by atoms with E-state index in [9.17, 15) is 9.59 Å². The monoisotopic (exact) mass is 440 g/mol. The standard InChI is InChI=1S/C24H32N4O2S/c1-18-6-3-7-20(19(18)2)25-23(29)16-26-11-13-27(14-12-26)17-24(30)28-10-4-8-21(28)22-9-5-15-31-22/h3,5-7,9,15,21H,4,8,10-14,16-17H2,1-2H3,(H,25,29)/t21-/m0/s1. The van der Waals surface area contributed by atoms with E-state index in [-0.39, 0.29) is 17.9 Å². The highest BCUT2D eigenvalue weighted by atomic mass is 32.1. The lowest BCUT2D eigenvalue weighted by Crippen LogP contribution is -2.51. The Kier molecular flexibility index (Phi) is 7.05. The molecule has 1 atom stereocenters. The molecule has 2 fully saturated rings. The van der Waals surface area contributed by atoms with Gasteiger partial charge >= 0.3 is 0 Å². The Morgan fingerprint density at radius 3 is 2.45 bits per heavy atom. The van der Waals surface area contributed by atoms with Crippen LogP contribution in [-0.2, 0) is 9.59 Å². The Hall–Kier alpha value is -2.22. The van der Waals surface area contributed by atoms with Gasteiger partial charge in [0, 0.05) is 43.3 Å². The van der Waals surface area contributed by atoms with Crippen molar-refractivity contribution in [2.75, 3.05) is 51.1 Å². The van der Waals surface area contributed by atoms with Crippen LogP contribution in [0.3, 0.4) is 0 Å². The molecule has 31 heavy (non-hydrogen) atoms. The van der Waals surface area contributed by atoms with Crippen LogP contribution in [0.2, 0.25) is 0 Å². The number of thiophene rings is 1. The lowest BCUT2D eigenvalue weighted by atomic mass is 10.1. The van der Waals surface area contributed by atoms with Crippen LogP contribution in [-0.4, -0.2) is 72.3 Å². The SMILES string of the molecule is Cc1cccc(NC(=O)CN2CCN(CC(=O)N3CCC[C@H]3c3cccs3)CC2)c1C. The van der Waals surface area contributed by atoms with Gasteiger partial charge in [-0.1, -0.05) is 18.2 Å². The molecule has 0 spiro atoms. The minimum Gasteiger partial charge on any atom is -0.334 e. The van der Waals surface area contributed by atoms with Crippen molar-refractivity contribution in [1.82, 2.24) is 14.7 Å². The van der Waals surface area contributed by atoms with Crippen LogP contribution in [0.15, 0.2) is 35.7 Å². The minimum atomic E-state index is 0.0223. The number of hydrogen-bond donors (Lipinski definition) is 1. The second-order valence-corrected chi connectivity index (χ2v) is 9.59. The van der Waals surface area contributed by atoms with Crippen molar-refractivity contribution >= 4 is 28.8 Å². The highest BCUT2D eigenvalue weighted by Gasteiger charge is 2.32. The van der Waals surface area contributed by atoms with Crippen LogP contribution in [0.25, 0.3) is 0 Å². The average Bonchev–Trinajstić information content (AvgIpc) is 3.44. The first-order valence-electron chi connectivity index (χ1n) is 11.1. The fourth-order valence-electron chi connectivity index (χ4n) is 4.51. The van der Waals surface area contributed by atoms with E-state index < -0.39 is 0 Å². The second-order valence-electron chi connectivity index (χ2n) is 8.61. The maximum absolute atomic E-state index is 13.0. The molecule has 0 unspecified atom stereocenters. The van der Waals surface area contributed by atoms with E-state index in [0.29, 0.717) is 13.1 Å². The number of aryl methyl sites for hydroxylation is 1. The fourth-order valence-corrected chi connectivity index (χ4v) is 5.38. The molecule has 2 aliphatic heterocycles. The van der Waals surface area contributed by atoms with Crippen molar-refractivity contribution in [3.8, 4) is 0 Å². The number of anilines is 1. The summed E-state index contributed by atoms with van der Waals surface area (Å²) in [5.74, 6) is 0.256. The highest BCUT2D eigenvalue weighted by molar-refractivity contribution is 7.10. The topological polar surface area (TPSA) is 55.9 Å². The van der Waals surface area contributed by atoms with E-state index in [2.05, 4.69) is 50.5 Å². The molecular weight excluding hydrogens is 408 g/mol. The molecule has 0 radical (unpaired) electrons. The zero-order chi connectivity index (χ0) is 21.8. The Bertz CT molecular complexity index is 906. The van der Waals surface area contributed by atoms with Crippen LogP contribution >= 0.6 is 11.3 Å². The van der Waals surface area contributed by atoms with Gasteiger partial charge in [0.05, 0.1) is 19.1 Å². The number of piperazine rings is 1. The van der Waals surface area contributed by atoms with Gasteiger partial charge in [0.25, 0.3) is 0 Å². The highest BCUT2D eigenvalue weighted by Crippen LogP contribution is 2.34. The maximum Gasteiger partial charge on any atom is 0.238 e. The van der Waals surface area contributed by atoms with E-state index in [0.717, 1.165) is 56.8 Å². The van der Waals surface area contributed by atoms with Gasteiger partial charge in [-0.15, -0.1) is 11.3 Å². The predicted molar refractivity (Wildman–Crippen MR) is 125 cm³/mol. The molecule has 7 heteroatoms. The van der Waals surface area contributed by atoms with Gasteiger partial charge in [0.2, 0.25) is 11.8 Å². The Labute approximate surface area is 188 Å². The number of benzene rings is 1. The van der Waals surface area contributed by atoms with Crippen molar-refractivity contribution in [1.29, 1.82) is 0 Å².